The largest absolute Gasteiger partial charge is 0.469 e. The topological polar surface area (TPSA) is 43.4 Å². The Kier molecular flexibility index (Phi) is 5.12. The molecule has 0 bridgehead atoms. The molecule has 0 aromatic heterocycles. The molecule has 0 fully saturated rings. The van der Waals surface area contributed by atoms with Crippen LogP contribution in [0.1, 0.15) is 23.2 Å². The molecular formula is C17H15ClO3. The van der Waals surface area contributed by atoms with E-state index in [-0.39, 0.29) is 24.6 Å². The standard InChI is InChI=1S/C17H15ClO3/c1-21-17(20)11-10-16(19)14-4-2-12(3-5-14)13-6-8-15(18)9-7-13/h2-9H,10-11H2,1H3. The van der Waals surface area contributed by atoms with Gasteiger partial charge in [-0.2, -0.15) is 0 Å². The monoisotopic (exact) mass is 302 g/mol. The Hall–Kier alpha value is -2.13. The van der Waals surface area contributed by atoms with Gasteiger partial charge in [-0.1, -0.05) is 48.0 Å². The van der Waals surface area contributed by atoms with Gasteiger partial charge in [0.25, 0.3) is 0 Å². The van der Waals surface area contributed by atoms with E-state index < -0.39 is 0 Å². The summed E-state index contributed by atoms with van der Waals surface area (Å²) < 4.78 is 4.52. The van der Waals surface area contributed by atoms with Crippen LogP contribution in [-0.4, -0.2) is 18.9 Å². The third kappa shape index (κ3) is 4.17. The molecule has 2 rings (SSSR count). The number of hydrogen-bond donors (Lipinski definition) is 0. The normalized spacial score (nSPS) is 10.2. The van der Waals surface area contributed by atoms with E-state index in [1.165, 1.54) is 7.11 Å². The predicted molar refractivity (Wildman–Crippen MR) is 82.5 cm³/mol. The minimum atomic E-state index is -0.374. The zero-order chi connectivity index (χ0) is 15.2. The number of hydrogen-bond acceptors (Lipinski definition) is 3. The summed E-state index contributed by atoms with van der Waals surface area (Å²) in [5, 5.41) is 0.688. The first-order valence-corrected chi connectivity index (χ1v) is 6.94. The third-order valence-corrected chi connectivity index (χ3v) is 3.42. The first-order chi connectivity index (χ1) is 10.1. The molecule has 0 spiro atoms. The van der Waals surface area contributed by atoms with Crippen LogP contribution < -0.4 is 0 Å². The van der Waals surface area contributed by atoms with E-state index in [2.05, 4.69) is 4.74 Å². The summed E-state index contributed by atoms with van der Waals surface area (Å²) >= 11 is 5.86. The Bertz CT molecular complexity index is 630. The molecule has 0 aliphatic heterocycles. The highest BCUT2D eigenvalue weighted by molar-refractivity contribution is 6.30. The van der Waals surface area contributed by atoms with Crippen LogP contribution in [0, 0.1) is 0 Å². The lowest BCUT2D eigenvalue weighted by Crippen LogP contribution is -2.05. The highest BCUT2D eigenvalue weighted by Crippen LogP contribution is 2.22. The molecule has 2 aromatic carbocycles. The number of halogens is 1. The summed E-state index contributed by atoms with van der Waals surface area (Å²) in [6, 6.07) is 14.8. The van der Waals surface area contributed by atoms with Gasteiger partial charge in [0.15, 0.2) is 5.78 Å². The van der Waals surface area contributed by atoms with Gasteiger partial charge in [-0.05, 0) is 23.3 Å². The Morgan fingerprint density at radius 1 is 0.905 bits per heavy atom. The van der Waals surface area contributed by atoms with Crippen molar-refractivity contribution in [1.82, 2.24) is 0 Å². The van der Waals surface area contributed by atoms with E-state index >= 15 is 0 Å². The summed E-state index contributed by atoms with van der Waals surface area (Å²) in [5.74, 6) is -0.441. The number of esters is 1. The lowest BCUT2D eigenvalue weighted by atomic mass is 10.0. The van der Waals surface area contributed by atoms with Crippen molar-refractivity contribution in [2.24, 2.45) is 0 Å². The van der Waals surface area contributed by atoms with Gasteiger partial charge in [-0.3, -0.25) is 9.59 Å². The van der Waals surface area contributed by atoms with Crippen molar-refractivity contribution in [3.8, 4) is 11.1 Å². The van der Waals surface area contributed by atoms with Crippen LogP contribution in [0.2, 0.25) is 5.02 Å². The van der Waals surface area contributed by atoms with Crippen molar-refractivity contribution in [2.45, 2.75) is 12.8 Å². The predicted octanol–water partition coefficient (Wildman–Crippen LogP) is 4.14. The van der Waals surface area contributed by atoms with E-state index in [1.54, 1.807) is 12.1 Å². The summed E-state index contributed by atoms with van der Waals surface area (Å²) in [7, 11) is 1.31. The van der Waals surface area contributed by atoms with Crippen LogP contribution in [0.15, 0.2) is 48.5 Å². The second-order valence-corrected chi connectivity index (χ2v) is 5.02. The van der Waals surface area contributed by atoms with E-state index in [1.807, 2.05) is 36.4 Å². The Labute approximate surface area is 128 Å². The van der Waals surface area contributed by atoms with Crippen molar-refractivity contribution >= 4 is 23.4 Å². The van der Waals surface area contributed by atoms with Crippen LogP contribution in [0.4, 0.5) is 0 Å². The van der Waals surface area contributed by atoms with E-state index in [0.29, 0.717) is 10.6 Å². The maximum Gasteiger partial charge on any atom is 0.305 e. The fourth-order valence-electron chi connectivity index (χ4n) is 1.95. The van der Waals surface area contributed by atoms with Crippen LogP contribution in [0.5, 0.6) is 0 Å². The first-order valence-electron chi connectivity index (χ1n) is 6.56. The zero-order valence-corrected chi connectivity index (χ0v) is 12.4. The van der Waals surface area contributed by atoms with Crippen LogP contribution in [0.3, 0.4) is 0 Å². The lowest BCUT2D eigenvalue weighted by Gasteiger charge is -2.04. The van der Waals surface area contributed by atoms with Gasteiger partial charge in [0, 0.05) is 17.0 Å². The summed E-state index contributed by atoms with van der Waals surface area (Å²) in [4.78, 5) is 23.0. The molecule has 0 aliphatic rings. The van der Waals surface area contributed by atoms with Crippen molar-refractivity contribution in [1.29, 1.82) is 0 Å². The average Bonchev–Trinajstić information content (AvgIpc) is 2.53. The second kappa shape index (κ2) is 7.04. The first kappa shape index (κ1) is 15.3. The quantitative estimate of drug-likeness (QED) is 0.616. The number of ketones is 1. The highest BCUT2D eigenvalue weighted by atomic mass is 35.5. The average molecular weight is 303 g/mol. The number of Topliss-reactive ketones (excluding diaryl/α,β-unsaturated/α-hetero) is 1. The van der Waals surface area contributed by atoms with Gasteiger partial charge in [-0.25, -0.2) is 0 Å². The number of benzene rings is 2. The van der Waals surface area contributed by atoms with Crippen LogP contribution >= 0.6 is 11.6 Å². The molecule has 0 aliphatic carbocycles. The second-order valence-electron chi connectivity index (χ2n) is 4.58. The van der Waals surface area contributed by atoms with E-state index in [4.69, 9.17) is 11.6 Å². The van der Waals surface area contributed by atoms with Crippen LogP contribution in [0.25, 0.3) is 11.1 Å². The SMILES string of the molecule is COC(=O)CCC(=O)c1ccc(-c2ccc(Cl)cc2)cc1. The lowest BCUT2D eigenvalue weighted by molar-refractivity contribution is -0.140. The number of carbonyl (C=O) groups excluding carboxylic acids is 2. The molecule has 0 saturated carbocycles. The molecule has 0 N–H and O–H groups in total. The van der Waals surface area contributed by atoms with E-state index in [0.717, 1.165) is 11.1 Å². The third-order valence-electron chi connectivity index (χ3n) is 3.17. The van der Waals surface area contributed by atoms with Gasteiger partial charge in [-0.15, -0.1) is 0 Å². The Morgan fingerprint density at radius 2 is 1.43 bits per heavy atom. The van der Waals surface area contributed by atoms with Crippen LogP contribution in [-0.2, 0) is 9.53 Å². The molecule has 21 heavy (non-hydrogen) atoms. The van der Waals surface area contributed by atoms with Crippen molar-refractivity contribution in [2.75, 3.05) is 7.11 Å². The zero-order valence-electron chi connectivity index (χ0n) is 11.6. The fraction of sp³-hybridized carbons (Fsp3) is 0.176. The number of rotatable bonds is 5. The molecule has 3 nitrogen and oxygen atoms in total. The molecule has 0 amide bonds. The molecule has 0 heterocycles. The Balaban J connectivity index is 2.06. The van der Waals surface area contributed by atoms with Crippen molar-refractivity contribution in [3.05, 3.63) is 59.1 Å². The number of methoxy groups -OCH3 is 1. The number of carbonyl (C=O) groups is 2. The molecule has 108 valence electrons. The minimum Gasteiger partial charge on any atom is -0.469 e. The van der Waals surface area contributed by atoms with Gasteiger partial charge in [0.05, 0.1) is 13.5 Å². The minimum absolute atomic E-state index is 0.0666. The molecule has 0 saturated heterocycles. The molecule has 0 unspecified atom stereocenters. The molecular weight excluding hydrogens is 288 g/mol. The summed E-state index contributed by atoms with van der Waals surface area (Å²) in [6.07, 6.45) is 0.265. The molecule has 4 heteroatoms. The van der Waals surface area contributed by atoms with Gasteiger partial charge >= 0.3 is 5.97 Å². The van der Waals surface area contributed by atoms with Crippen molar-refractivity contribution in [3.63, 3.8) is 0 Å². The fourth-order valence-corrected chi connectivity index (χ4v) is 2.08. The van der Waals surface area contributed by atoms with Crippen molar-refractivity contribution < 1.29 is 14.3 Å². The van der Waals surface area contributed by atoms with E-state index in [9.17, 15) is 9.59 Å². The summed E-state index contributed by atoms with van der Waals surface area (Å²) in [6.45, 7) is 0. The molecule has 0 radical (unpaired) electrons. The maximum atomic E-state index is 11.9. The van der Waals surface area contributed by atoms with Gasteiger partial charge in [0.1, 0.15) is 0 Å². The van der Waals surface area contributed by atoms with Gasteiger partial charge in [0.2, 0.25) is 0 Å². The smallest absolute Gasteiger partial charge is 0.305 e. The molecule has 2 aromatic rings. The molecule has 0 atom stereocenters. The summed E-state index contributed by atoms with van der Waals surface area (Å²) in [5.41, 5.74) is 2.64. The number of ether oxygens (including phenoxy) is 1. The maximum absolute atomic E-state index is 11.9. The Morgan fingerprint density at radius 3 is 1.95 bits per heavy atom. The highest BCUT2D eigenvalue weighted by Gasteiger charge is 2.09. The van der Waals surface area contributed by atoms with Gasteiger partial charge < -0.3 is 4.74 Å².